The number of benzene rings is 2. The summed E-state index contributed by atoms with van der Waals surface area (Å²) in [6.07, 6.45) is 0.808. The summed E-state index contributed by atoms with van der Waals surface area (Å²) in [4.78, 5) is 22.6. The van der Waals surface area contributed by atoms with Gasteiger partial charge >= 0.3 is 0 Å². The molecule has 0 aliphatic carbocycles. The summed E-state index contributed by atoms with van der Waals surface area (Å²) in [7, 11) is 0. The van der Waals surface area contributed by atoms with Crippen LogP contribution in [0.5, 0.6) is 0 Å². The maximum atomic E-state index is 12.4. The molecule has 3 aromatic rings. The fraction of sp³-hybridized carbons (Fsp3) is 0.105. The molecule has 25 heavy (non-hydrogen) atoms. The number of anilines is 1. The Morgan fingerprint density at radius 3 is 2.48 bits per heavy atom. The van der Waals surface area contributed by atoms with Crippen LogP contribution in [0.1, 0.15) is 23.0 Å². The zero-order chi connectivity index (χ0) is 17.8. The Morgan fingerprint density at radius 2 is 1.80 bits per heavy atom. The molecule has 6 heteroatoms. The lowest BCUT2D eigenvalue weighted by Gasteiger charge is -2.08. The standard InChI is InChI=1S/C19H16N2O4/c1-2-13-5-3-4-6-16(13)20-19(22)18-12-11-17(25-18)14-7-9-15(10-8-14)21(23)24/h3-12H,2H2,1H3,(H,20,22). The van der Waals surface area contributed by atoms with E-state index >= 15 is 0 Å². The molecule has 0 saturated heterocycles. The average Bonchev–Trinajstić information content (AvgIpc) is 3.12. The van der Waals surface area contributed by atoms with Gasteiger partial charge in [0, 0.05) is 23.4 Å². The largest absolute Gasteiger partial charge is 0.451 e. The zero-order valence-electron chi connectivity index (χ0n) is 13.6. The number of hydrogen-bond acceptors (Lipinski definition) is 4. The minimum Gasteiger partial charge on any atom is -0.451 e. The van der Waals surface area contributed by atoms with Gasteiger partial charge in [0.15, 0.2) is 5.76 Å². The second-order valence-corrected chi connectivity index (χ2v) is 5.43. The molecule has 2 aromatic carbocycles. The van der Waals surface area contributed by atoms with Crippen molar-refractivity contribution in [2.75, 3.05) is 5.32 Å². The first kappa shape index (κ1) is 16.4. The molecule has 0 spiro atoms. The lowest BCUT2D eigenvalue weighted by molar-refractivity contribution is -0.384. The second-order valence-electron chi connectivity index (χ2n) is 5.43. The summed E-state index contributed by atoms with van der Waals surface area (Å²) < 4.78 is 5.60. The highest BCUT2D eigenvalue weighted by Gasteiger charge is 2.14. The minimum absolute atomic E-state index is 0.00412. The number of amides is 1. The van der Waals surface area contributed by atoms with Crippen molar-refractivity contribution in [3.63, 3.8) is 0 Å². The predicted molar refractivity (Wildman–Crippen MR) is 94.6 cm³/mol. The lowest BCUT2D eigenvalue weighted by Crippen LogP contribution is -2.12. The second kappa shape index (κ2) is 7.00. The third-order valence-electron chi connectivity index (χ3n) is 3.84. The molecule has 0 fully saturated rings. The van der Waals surface area contributed by atoms with Crippen LogP contribution in [-0.2, 0) is 6.42 Å². The van der Waals surface area contributed by atoms with Crippen LogP contribution in [0.25, 0.3) is 11.3 Å². The average molecular weight is 336 g/mol. The molecule has 1 N–H and O–H groups in total. The molecule has 126 valence electrons. The molecule has 1 amide bonds. The van der Waals surface area contributed by atoms with Crippen molar-refractivity contribution >= 4 is 17.3 Å². The molecule has 1 heterocycles. The van der Waals surface area contributed by atoms with Gasteiger partial charge in [-0.1, -0.05) is 25.1 Å². The molecular formula is C19H16N2O4. The molecule has 0 aliphatic heterocycles. The number of nitro groups is 1. The highest BCUT2D eigenvalue weighted by atomic mass is 16.6. The van der Waals surface area contributed by atoms with Gasteiger partial charge in [0.1, 0.15) is 5.76 Å². The van der Waals surface area contributed by atoms with E-state index in [1.165, 1.54) is 12.1 Å². The van der Waals surface area contributed by atoms with E-state index in [2.05, 4.69) is 5.32 Å². The Kier molecular flexibility index (Phi) is 4.61. The molecular weight excluding hydrogens is 320 g/mol. The number of carbonyl (C=O) groups excluding carboxylic acids is 1. The molecule has 3 rings (SSSR count). The highest BCUT2D eigenvalue weighted by molar-refractivity contribution is 6.03. The molecule has 0 saturated carbocycles. The Bertz CT molecular complexity index is 913. The monoisotopic (exact) mass is 336 g/mol. The summed E-state index contributed by atoms with van der Waals surface area (Å²) in [6, 6.07) is 16.8. The molecule has 0 radical (unpaired) electrons. The molecule has 6 nitrogen and oxygen atoms in total. The quantitative estimate of drug-likeness (QED) is 0.542. The SMILES string of the molecule is CCc1ccccc1NC(=O)c1ccc(-c2ccc([N+](=O)[O-])cc2)o1. The van der Waals surface area contributed by atoms with Crippen LogP contribution in [0, 0.1) is 10.1 Å². The topological polar surface area (TPSA) is 85.4 Å². The van der Waals surface area contributed by atoms with Crippen molar-refractivity contribution < 1.29 is 14.1 Å². The Labute approximate surface area is 144 Å². The van der Waals surface area contributed by atoms with Gasteiger partial charge in [0.2, 0.25) is 0 Å². The Balaban J connectivity index is 1.78. The fourth-order valence-corrected chi connectivity index (χ4v) is 2.50. The van der Waals surface area contributed by atoms with Crippen molar-refractivity contribution in [3.05, 3.63) is 82.1 Å². The van der Waals surface area contributed by atoms with E-state index in [0.717, 1.165) is 17.7 Å². The van der Waals surface area contributed by atoms with Crippen molar-refractivity contribution in [1.82, 2.24) is 0 Å². The van der Waals surface area contributed by atoms with Gasteiger partial charge in [-0.3, -0.25) is 14.9 Å². The zero-order valence-corrected chi connectivity index (χ0v) is 13.6. The maximum absolute atomic E-state index is 12.4. The van der Waals surface area contributed by atoms with Crippen molar-refractivity contribution in [3.8, 4) is 11.3 Å². The number of hydrogen-bond donors (Lipinski definition) is 1. The van der Waals surface area contributed by atoms with E-state index < -0.39 is 4.92 Å². The number of carbonyl (C=O) groups is 1. The number of nitrogens with zero attached hydrogens (tertiary/aromatic N) is 1. The minimum atomic E-state index is -0.462. The third kappa shape index (κ3) is 3.58. The molecule has 0 unspecified atom stereocenters. The van der Waals surface area contributed by atoms with E-state index in [1.807, 2.05) is 31.2 Å². The summed E-state index contributed by atoms with van der Waals surface area (Å²) >= 11 is 0. The summed E-state index contributed by atoms with van der Waals surface area (Å²) in [5.41, 5.74) is 2.46. The molecule has 0 atom stereocenters. The summed E-state index contributed by atoms with van der Waals surface area (Å²) in [5.74, 6) is 0.317. The van der Waals surface area contributed by atoms with Gasteiger partial charge in [-0.15, -0.1) is 0 Å². The van der Waals surface area contributed by atoms with Crippen molar-refractivity contribution in [2.24, 2.45) is 0 Å². The van der Waals surface area contributed by atoms with E-state index in [4.69, 9.17) is 4.42 Å². The van der Waals surface area contributed by atoms with Crippen LogP contribution >= 0.6 is 0 Å². The number of rotatable bonds is 5. The number of nitro benzene ring substituents is 1. The van der Waals surface area contributed by atoms with Gasteiger partial charge in [0.25, 0.3) is 11.6 Å². The van der Waals surface area contributed by atoms with Crippen LogP contribution in [0.4, 0.5) is 11.4 Å². The van der Waals surface area contributed by atoms with E-state index in [0.29, 0.717) is 11.3 Å². The van der Waals surface area contributed by atoms with Crippen LogP contribution in [0.2, 0.25) is 0 Å². The summed E-state index contributed by atoms with van der Waals surface area (Å²) in [5, 5.41) is 13.5. The maximum Gasteiger partial charge on any atom is 0.291 e. The summed E-state index contributed by atoms with van der Waals surface area (Å²) in [6.45, 7) is 2.02. The lowest BCUT2D eigenvalue weighted by atomic mass is 10.1. The molecule has 0 aliphatic rings. The van der Waals surface area contributed by atoms with Gasteiger partial charge in [0.05, 0.1) is 4.92 Å². The molecule has 1 aromatic heterocycles. The molecule has 0 bridgehead atoms. The predicted octanol–water partition coefficient (Wildman–Crippen LogP) is 4.67. The van der Waals surface area contributed by atoms with Crippen LogP contribution in [0.3, 0.4) is 0 Å². The number of para-hydroxylation sites is 1. The number of furan rings is 1. The van der Waals surface area contributed by atoms with E-state index in [-0.39, 0.29) is 17.4 Å². The van der Waals surface area contributed by atoms with Gasteiger partial charge < -0.3 is 9.73 Å². The Hall–Kier alpha value is -3.41. The number of nitrogens with one attached hydrogen (secondary N) is 1. The van der Waals surface area contributed by atoms with Gasteiger partial charge in [-0.25, -0.2) is 0 Å². The fourth-order valence-electron chi connectivity index (χ4n) is 2.50. The highest BCUT2D eigenvalue weighted by Crippen LogP contribution is 2.25. The van der Waals surface area contributed by atoms with E-state index in [9.17, 15) is 14.9 Å². The number of non-ortho nitro benzene ring substituents is 1. The van der Waals surface area contributed by atoms with Crippen LogP contribution < -0.4 is 5.32 Å². The Morgan fingerprint density at radius 1 is 1.08 bits per heavy atom. The van der Waals surface area contributed by atoms with Crippen LogP contribution in [-0.4, -0.2) is 10.8 Å². The first-order valence-electron chi connectivity index (χ1n) is 7.82. The first-order valence-corrected chi connectivity index (χ1v) is 7.82. The number of aryl methyl sites for hydroxylation is 1. The first-order chi connectivity index (χ1) is 12.1. The van der Waals surface area contributed by atoms with E-state index in [1.54, 1.807) is 24.3 Å². The van der Waals surface area contributed by atoms with Crippen molar-refractivity contribution in [1.29, 1.82) is 0 Å². The normalized spacial score (nSPS) is 10.4. The smallest absolute Gasteiger partial charge is 0.291 e. The van der Waals surface area contributed by atoms with Gasteiger partial charge in [-0.2, -0.15) is 0 Å². The van der Waals surface area contributed by atoms with Gasteiger partial charge in [-0.05, 0) is 42.3 Å². The third-order valence-corrected chi connectivity index (χ3v) is 3.84. The van der Waals surface area contributed by atoms with Crippen molar-refractivity contribution in [2.45, 2.75) is 13.3 Å². The van der Waals surface area contributed by atoms with Crippen LogP contribution in [0.15, 0.2) is 65.1 Å².